The zero-order valence-corrected chi connectivity index (χ0v) is 14.4. The molecular weight excluding hydrogens is 304 g/mol. The Balaban J connectivity index is 3.00. The van der Waals surface area contributed by atoms with Gasteiger partial charge in [-0.05, 0) is 36.1 Å². The van der Waals surface area contributed by atoms with E-state index in [2.05, 4.69) is 5.32 Å². The summed E-state index contributed by atoms with van der Waals surface area (Å²) < 4.78 is 24.3. The molecule has 0 aliphatic carbocycles. The first-order chi connectivity index (χ1) is 9.94. The SMILES string of the molecule is CN[C@@H](Cc1ccc(O)c(C(C)(C)C)c1)C(=O)NS(C)(=O)=O. The van der Waals surface area contributed by atoms with Crippen LogP contribution in [0.5, 0.6) is 5.75 Å². The molecule has 0 radical (unpaired) electrons. The normalized spacial score (nSPS) is 13.7. The van der Waals surface area contributed by atoms with Crippen molar-refractivity contribution < 1.29 is 18.3 Å². The Morgan fingerprint density at radius 3 is 2.36 bits per heavy atom. The van der Waals surface area contributed by atoms with Gasteiger partial charge >= 0.3 is 0 Å². The van der Waals surface area contributed by atoms with Gasteiger partial charge in [0.15, 0.2) is 0 Å². The van der Waals surface area contributed by atoms with Crippen LogP contribution in [0, 0.1) is 0 Å². The summed E-state index contributed by atoms with van der Waals surface area (Å²) >= 11 is 0. The number of phenolic OH excluding ortho intramolecular Hbond substituents is 1. The van der Waals surface area contributed by atoms with Gasteiger partial charge in [0.25, 0.3) is 5.91 Å². The number of carbonyl (C=O) groups excluding carboxylic acids is 1. The van der Waals surface area contributed by atoms with Crippen LogP contribution in [0.1, 0.15) is 31.9 Å². The Kier molecular flexibility index (Phi) is 5.59. The van der Waals surface area contributed by atoms with E-state index in [1.54, 1.807) is 19.2 Å². The summed E-state index contributed by atoms with van der Waals surface area (Å²) in [6.45, 7) is 5.95. The van der Waals surface area contributed by atoms with Crippen molar-refractivity contribution in [1.29, 1.82) is 0 Å². The first-order valence-electron chi connectivity index (χ1n) is 6.95. The molecule has 0 bridgehead atoms. The molecule has 7 heteroatoms. The van der Waals surface area contributed by atoms with Gasteiger partial charge in [-0.15, -0.1) is 0 Å². The van der Waals surface area contributed by atoms with Crippen LogP contribution in [-0.4, -0.2) is 38.8 Å². The predicted molar refractivity (Wildman–Crippen MR) is 86.3 cm³/mol. The number of hydrogen-bond donors (Lipinski definition) is 3. The minimum absolute atomic E-state index is 0.206. The monoisotopic (exact) mass is 328 g/mol. The van der Waals surface area contributed by atoms with Gasteiger partial charge in [-0.25, -0.2) is 8.42 Å². The molecule has 0 fully saturated rings. The van der Waals surface area contributed by atoms with Crippen molar-refractivity contribution >= 4 is 15.9 Å². The standard InChI is InChI=1S/C15H24N2O4S/c1-15(2,3)11-8-10(6-7-13(11)18)9-12(16-4)14(19)17-22(5,20)21/h6-8,12,16,18H,9H2,1-5H3,(H,17,19)/t12-/m0/s1. The highest BCUT2D eigenvalue weighted by Crippen LogP contribution is 2.31. The summed E-state index contributed by atoms with van der Waals surface area (Å²) in [6, 6.07) is 4.49. The molecule has 1 rings (SSSR count). The Bertz CT molecular complexity index is 648. The summed E-state index contributed by atoms with van der Waals surface area (Å²) in [5.41, 5.74) is 1.39. The molecule has 0 spiro atoms. The van der Waals surface area contributed by atoms with Crippen LogP contribution < -0.4 is 10.0 Å². The van der Waals surface area contributed by atoms with E-state index >= 15 is 0 Å². The molecule has 1 aromatic rings. The molecule has 0 aromatic heterocycles. The van der Waals surface area contributed by atoms with E-state index in [0.29, 0.717) is 6.42 Å². The molecular formula is C15H24N2O4S. The predicted octanol–water partition coefficient (Wildman–Crippen LogP) is 0.896. The first-order valence-corrected chi connectivity index (χ1v) is 8.84. The highest BCUT2D eigenvalue weighted by molar-refractivity contribution is 7.89. The molecule has 124 valence electrons. The maximum atomic E-state index is 11.9. The van der Waals surface area contributed by atoms with Crippen LogP contribution >= 0.6 is 0 Å². The Morgan fingerprint density at radius 2 is 1.91 bits per heavy atom. The number of rotatable bonds is 5. The van der Waals surface area contributed by atoms with E-state index in [-0.39, 0.29) is 11.2 Å². The second-order valence-corrected chi connectivity index (χ2v) is 8.13. The lowest BCUT2D eigenvalue weighted by molar-refractivity contribution is -0.121. The van der Waals surface area contributed by atoms with Gasteiger partial charge in [-0.3, -0.25) is 9.52 Å². The molecule has 0 saturated carbocycles. The Morgan fingerprint density at radius 1 is 1.32 bits per heavy atom. The number of amides is 1. The van der Waals surface area contributed by atoms with Crippen LogP contribution in [0.4, 0.5) is 0 Å². The van der Waals surface area contributed by atoms with Gasteiger partial charge in [-0.1, -0.05) is 32.9 Å². The van der Waals surface area contributed by atoms with Crippen LogP contribution in [0.3, 0.4) is 0 Å². The van der Waals surface area contributed by atoms with Gasteiger partial charge < -0.3 is 10.4 Å². The Labute approximate surface area is 132 Å². The number of benzene rings is 1. The average molecular weight is 328 g/mol. The van der Waals surface area contributed by atoms with Gasteiger partial charge in [0.1, 0.15) is 5.75 Å². The van der Waals surface area contributed by atoms with Crippen LogP contribution in [0.25, 0.3) is 0 Å². The number of likely N-dealkylation sites (N-methyl/N-ethyl adjacent to an activating group) is 1. The van der Waals surface area contributed by atoms with Crippen molar-refractivity contribution in [3.05, 3.63) is 29.3 Å². The molecule has 1 amide bonds. The van der Waals surface area contributed by atoms with E-state index in [9.17, 15) is 18.3 Å². The number of nitrogens with one attached hydrogen (secondary N) is 2. The Hall–Kier alpha value is -1.60. The van der Waals surface area contributed by atoms with E-state index in [4.69, 9.17) is 0 Å². The quantitative estimate of drug-likeness (QED) is 0.746. The van der Waals surface area contributed by atoms with Crippen molar-refractivity contribution in [2.45, 2.75) is 38.6 Å². The molecule has 0 saturated heterocycles. The van der Waals surface area contributed by atoms with Crippen molar-refractivity contribution in [3.63, 3.8) is 0 Å². The number of sulfonamides is 1. The van der Waals surface area contributed by atoms with Gasteiger partial charge in [-0.2, -0.15) is 0 Å². The van der Waals surface area contributed by atoms with Crippen molar-refractivity contribution in [2.75, 3.05) is 13.3 Å². The summed E-state index contributed by atoms with van der Waals surface area (Å²) in [7, 11) is -1.99. The minimum Gasteiger partial charge on any atom is -0.508 e. The van der Waals surface area contributed by atoms with Crippen molar-refractivity contribution in [3.8, 4) is 5.75 Å². The van der Waals surface area contributed by atoms with Gasteiger partial charge in [0.2, 0.25) is 10.0 Å². The van der Waals surface area contributed by atoms with E-state index in [1.807, 2.05) is 31.6 Å². The average Bonchev–Trinajstić information content (AvgIpc) is 2.34. The molecule has 1 atom stereocenters. The summed E-state index contributed by atoms with van der Waals surface area (Å²) in [4.78, 5) is 11.9. The fourth-order valence-electron chi connectivity index (χ4n) is 2.13. The maximum Gasteiger partial charge on any atom is 0.250 e. The zero-order valence-electron chi connectivity index (χ0n) is 13.6. The van der Waals surface area contributed by atoms with E-state index < -0.39 is 22.0 Å². The summed E-state index contributed by atoms with van der Waals surface area (Å²) in [5.74, 6) is -0.395. The molecule has 0 aliphatic rings. The second kappa shape index (κ2) is 6.66. The van der Waals surface area contributed by atoms with Crippen molar-refractivity contribution in [2.24, 2.45) is 0 Å². The molecule has 3 N–H and O–H groups in total. The second-order valence-electron chi connectivity index (χ2n) is 6.39. The smallest absolute Gasteiger partial charge is 0.250 e. The topological polar surface area (TPSA) is 95.5 Å². The number of hydrogen-bond acceptors (Lipinski definition) is 5. The fraction of sp³-hybridized carbons (Fsp3) is 0.533. The van der Waals surface area contributed by atoms with E-state index in [1.165, 1.54) is 0 Å². The van der Waals surface area contributed by atoms with Crippen LogP contribution in [-0.2, 0) is 26.7 Å². The third-order valence-corrected chi connectivity index (χ3v) is 3.83. The van der Waals surface area contributed by atoms with Gasteiger partial charge in [0, 0.05) is 0 Å². The molecule has 1 aromatic carbocycles. The van der Waals surface area contributed by atoms with Crippen LogP contribution in [0.2, 0.25) is 0 Å². The lowest BCUT2D eigenvalue weighted by Crippen LogP contribution is -2.45. The lowest BCUT2D eigenvalue weighted by Gasteiger charge is -2.22. The molecule has 0 heterocycles. The molecule has 0 aliphatic heterocycles. The number of carbonyl (C=O) groups is 1. The molecule has 22 heavy (non-hydrogen) atoms. The third-order valence-electron chi connectivity index (χ3n) is 3.26. The first kappa shape index (κ1) is 18.4. The largest absolute Gasteiger partial charge is 0.508 e. The third kappa shape index (κ3) is 5.31. The minimum atomic E-state index is -3.59. The highest BCUT2D eigenvalue weighted by atomic mass is 32.2. The molecule has 0 unspecified atom stereocenters. The van der Waals surface area contributed by atoms with Crippen LogP contribution in [0.15, 0.2) is 18.2 Å². The molecule has 6 nitrogen and oxygen atoms in total. The fourth-order valence-corrected chi connectivity index (χ4v) is 2.63. The van der Waals surface area contributed by atoms with Gasteiger partial charge in [0.05, 0.1) is 12.3 Å². The van der Waals surface area contributed by atoms with E-state index in [0.717, 1.165) is 17.4 Å². The maximum absolute atomic E-state index is 11.9. The summed E-state index contributed by atoms with van der Waals surface area (Å²) in [6.07, 6.45) is 1.26. The van der Waals surface area contributed by atoms with Crippen molar-refractivity contribution in [1.82, 2.24) is 10.0 Å². The number of aromatic hydroxyl groups is 1. The lowest BCUT2D eigenvalue weighted by atomic mass is 9.85. The number of phenols is 1. The summed E-state index contributed by atoms with van der Waals surface area (Å²) in [5, 5.41) is 12.8. The zero-order chi connectivity index (χ0) is 17.1. The highest BCUT2D eigenvalue weighted by Gasteiger charge is 2.22.